The third-order valence-corrected chi connectivity index (χ3v) is 10.0. The number of allylic oxidation sites excluding steroid dienone is 5. The number of nitrogens with zero attached hydrogens (tertiary/aromatic N) is 2. The summed E-state index contributed by atoms with van der Waals surface area (Å²) in [5.74, 6) is 0. The van der Waals surface area contributed by atoms with Gasteiger partial charge in [-0.05, 0) is 83.3 Å². The van der Waals surface area contributed by atoms with Gasteiger partial charge < -0.3 is 9.13 Å². The molecule has 2 heterocycles. The van der Waals surface area contributed by atoms with E-state index in [4.69, 9.17) is 0 Å². The molecule has 0 aliphatic rings. The van der Waals surface area contributed by atoms with Crippen LogP contribution in [-0.2, 0) is 0 Å². The van der Waals surface area contributed by atoms with Gasteiger partial charge in [0.15, 0.2) is 0 Å². The van der Waals surface area contributed by atoms with Gasteiger partial charge in [0.1, 0.15) is 0 Å². The fraction of sp³-hybridized carbons (Fsp3) is 0.0204. The molecule has 2 heteroatoms. The Bertz CT molecular complexity index is 2790. The molecule has 0 saturated heterocycles. The predicted molar refractivity (Wildman–Crippen MR) is 219 cm³/mol. The highest BCUT2D eigenvalue weighted by atomic mass is 15.0. The number of para-hydroxylation sites is 3. The van der Waals surface area contributed by atoms with Crippen molar-refractivity contribution in [3.8, 4) is 33.6 Å². The van der Waals surface area contributed by atoms with Crippen molar-refractivity contribution >= 4 is 49.2 Å². The number of fused-ring (bicyclic) bond motifs is 6. The van der Waals surface area contributed by atoms with Crippen molar-refractivity contribution < 1.29 is 0 Å². The topological polar surface area (TPSA) is 9.86 Å². The summed E-state index contributed by atoms with van der Waals surface area (Å²) in [6, 6.07) is 59.4. The summed E-state index contributed by atoms with van der Waals surface area (Å²) in [6.45, 7) is 6.32. The van der Waals surface area contributed by atoms with Gasteiger partial charge >= 0.3 is 0 Å². The molecule has 242 valence electrons. The van der Waals surface area contributed by atoms with Crippen LogP contribution < -0.4 is 0 Å². The Kier molecular flexibility index (Phi) is 7.56. The first-order valence-electron chi connectivity index (χ1n) is 17.5. The standard InChI is InChI=1S/C49H36N2/c1-3-4-6-14-34(2)35-23-28-40(29-24-35)51-47-22-12-9-17-42(47)44-20-13-19-41(49(44)51)38-27-32-48-45(33-38)43-18-10-11-21-46(43)50(48)39-30-25-37(26-31-39)36-15-7-5-8-16-36/h3-33H,2H2,1H3/b4-3-,14-6-. The van der Waals surface area contributed by atoms with Crippen LogP contribution in [0.25, 0.3) is 82.8 Å². The maximum atomic E-state index is 4.30. The van der Waals surface area contributed by atoms with Crippen molar-refractivity contribution in [1.82, 2.24) is 9.13 Å². The van der Waals surface area contributed by atoms with Crippen LogP contribution >= 0.6 is 0 Å². The number of rotatable bonds is 7. The van der Waals surface area contributed by atoms with Gasteiger partial charge in [0.05, 0.1) is 22.1 Å². The molecule has 0 N–H and O–H groups in total. The van der Waals surface area contributed by atoms with Crippen LogP contribution in [0.1, 0.15) is 12.5 Å². The van der Waals surface area contributed by atoms with Gasteiger partial charge in [0, 0.05) is 38.5 Å². The predicted octanol–water partition coefficient (Wildman–Crippen LogP) is 13.4. The molecule has 0 aliphatic heterocycles. The Hall–Kier alpha value is -6.64. The third kappa shape index (κ3) is 5.21. The lowest BCUT2D eigenvalue weighted by Gasteiger charge is -2.13. The van der Waals surface area contributed by atoms with Gasteiger partial charge in [0.25, 0.3) is 0 Å². The van der Waals surface area contributed by atoms with Crippen molar-refractivity contribution in [3.63, 3.8) is 0 Å². The van der Waals surface area contributed by atoms with Crippen LogP contribution in [0.4, 0.5) is 0 Å². The van der Waals surface area contributed by atoms with Crippen molar-refractivity contribution in [2.75, 3.05) is 0 Å². The van der Waals surface area contributed by atoms with E-state index in [0.29, 0.717) is 0 Å². The first-order valence-corrected chi connectivity index (χ1v) is 17.5. The van der Waals surface area contributed by atoms with Gasteiger partial charge in [-0.2, -0.15) is 0 Å². The normalized spacial score (nSPS) is 11.9. The number of hydrogen-bond donors (Lipinski definition) is 0. The van der Waals surface area contributed by atoms with E-state index in [2.05, 4.69) is 186 Å². The molecule has 0 radical (unpaired) electrons. The molecule has 51 heavy (non-hydrogen) atoms. The summed E-state index contributed by atoms with van der Waals surface area (Å²) in [7, 11) is 0. The first kappa shape index (κ1) is 30.4. The fourth-order valence-electron chi connectivity index (χ4n) is 7.58. The largest absolute Gasteiger partial charge is 0.309 e. The van der Waals surface area contributed by atoms with Crippen LogP contribution in [0, 0.1) is 0 Å². The van der Waals surface area contributed by atoms with Crippen LogP contribution in [0.5, 0.6) is 0 Å². The van der Waals surface area contributed by atoms with Crippen molar-refractivity contribution in [3.05, 3.63) is 200 Å². The summed E-state index contributed by atoms with van der Waals surface area (Å²) in [5, 5.41) is 4.97. The summed E-state index contributed by atoms with van der Waals surface area (Å²) < 4.78 is 4.81. The Labute approximate surface area is 298 Å². The van der Waals surface area contributed by atoms with E-state index in [0.717, 1.165) is 22.5 Å². The minimum absolute atomic E-state index is 0.988. The van der Waals surface area contributed by atoms with Gasteiger partial charge in [-0.15, -0.1) is 0 Å². The molecular formula is C49H36N2. The summed E-state index contributed by atoms with van der Waals surface area (Å²) >= 11 is 0. The molecule has 2 nitrogen and oxygen atoms in total. The smallest absolute Gasteiger partial charge is 0.0619 e. The molecule has 9 aromatic rings. The van der Waals surface area contributed by atoms with E-state index in [1.165, 1.54) is 65.9 Å². The molecule has 0 spiro atoms. The molecule has 7 aromatic carbocycles. The number of benzene rings is 7. The quantitative estimate of drug-likeness (QED) is 0.152. The molecule has 9 rings (SSSR count). The van der Waals surface area contributed by atoms with E-state index in [1.54, 1.807) is 0 Å². The van der Waals surface area contributed by atoms with Crippen molar-refractivity contribution in [2.45, 2.75) is 6.92 Å². The van der Waals surface area contributed by atoms with E-state index in [1.807, 2.05) is 25.2 Å². The molecular weight excluding hydrogens is 617 g/mol. The zero-order valence-corrected chi connectivity index (χ0v) is 28.5. The highest BCUT2D eigenvalue weighted by Crippen LogP contribution is 2.41. The Morgan fingerprint density at radius 2 is 1.04 bits per heavy atom. The van der Waals surface area contributed by atoms with Crippen molar-refractivity contribution in [2.24, 2.45) is 0 Å². The average Bonchev–Trinajstić information content (AvgIpc) is 3.71. The highest BCUT2D eigenvalue weighted by Gasteiger charge is 2.18. The zero-order valence-electron chi connectivity index (χ0n) is 28.5. The third-order valence-electron chi connectivity index (χ3n) is 10.0. The van der Waals surface area contributed by atoms with Gasteiger partial charge in [0.2, 0.25) is 0 Å². The Morgan fingerprint density at radius 3 is 1.78 bits per heavy atom. The average molecular weight is 653 g/mol. The second-order valence-electron chi connectivity index (χ2n) is 13.0. The molecule has 0 atom stereocenters. The van der Waals surface area contributed by atoms with Gasteiger partial charge in [-0.25, -0.2) is 0 Å². The molecule has 0 bridgehead atoms. The minimum atomic E-state index is 0.988. The second-order valence-corrected chi connectivity index (χ2v) is 13.0. The van der Waals surface area contributed by atoms with E-state index in [-0.39, 0.29) is 0 Å². The maximum absolute atomic E-state index is 4.30. The van der Waals surface area contributed by atoms with Gasteiger partial charge in [-0.3, -0.25) is 0 Å². The van der Waals surface area contributed by atoms with Gasteiger partial charge in [-0.1, -0.05) is 146 Å². The van der Waals surface area contributed by atoms with E-state index in [9.17, 15) is 0 Å². The molecule has 0 fully saturated rings. The maximum Gasteiger partial charge on any atom is 0.0619 e. The fourth-order valence-corrected chi connectivity index (χ4v) is 7.58. The van der Waals surface area contributed by atoms with Crippen LogP contribution in [0.15, 0.2) is 195 Å². The lowest BCUT2D eigenvalue weighted by molar-refractivity contribution is 1.18. The van der Waals surface area contributed by atoms with Crippen LogP contribution in [0.2, 0.25) is 0 Å². The lowest BCUT2D eigenvalue weighted by atomic mass is 9.99. The summed E-state index contributed by atoms with van der Waals surface area (Å²) in [4.78, 5) is 0. The second kappa shape index (κ2) is 12.7. The van der Waals surface area contributed by atoms with Crippen LogP contribution in [-0.4, -0.2) is 9.13 Å². The van der Waals surface area contributed by atoms with Crippen LogP contribution in [0.3, 0.4) is 0 Å². The SMILES string of the molecule is C=C(/C=C\C=C/C)c1ccc(-n2c3ccccc3c3cccc(-c4ccc5c(c4)c4ccccc4n5-c4ccc(-c5ccccc5)cc4)c32)cc1. The minimum Gasteiger partial charge on any atom is -0.309 e. The number of aromatic nitrogens is 2. The molecule has 0 amide bonds. The Morgan fingerprint density at radius 1 is 0.471 bits per heavy atom. The van der Waals surface area contributed by atoms with Crippen molar-refractivity contribution in [1.29, 1.82) is 0 Å². The summed E-state index contributed by atoms with van der Waals surface area (Å²) in [5.41, 5.74) is 14.0. The first-order chi connectivity index (χ1) is 25.2. The molecule has 2 aromatic heterocycles. The number of hydrogen-bond acceptors (Lipinski definition) is 0. The van der Waals surface area contributed by atoms with E-state index < -0.39 is 0 Å². The van der Waals surface area contributed by atoms with E-state index >= 15 is 0 Å². The molecule has 0 saturated carbocycles. The Balaban J connectivity index is 1.21. The highest BCUT2D eigenvalue weighted by molar-refractivity contribution is 6.15. The lowest BCUT2D eigenvalue weighted by Crippen LogP contribution is -1.96. The molecule has 0 aliphatic carbocycles. The monoisotopic (exact) mass is 652 g/mol. The zero-order chi connectivity index (χ0) is 34.3. The molecule has 0 unspecified atom stereocenters. The summed E-state index contributed by atoms with van der Waals surface area (Å²) in [6.07, 6.45) is 8.14.